The molecule has 4 aliphatic carbocycles. The maximum Gasteiger partial charge on any atom is 0.0599 e. The number of rotatable bonds is 0. The van der Waals surface area contributed by atoms with E-state index in [1.165, 1.54) is 44.9 Å². The molecule has 2 N–H and O–H groups in total. The summed E-state index contributed by atoms with van der Waals surface area (Å²) in [5.41, 5.74) is 0.333. The molecule has 2 heteroatoms. The first-order valence-electron chi connectivity index (χ1n) is 9.34. The van der Waals surface area contributed by atoms with Gasteiger partial charge in [0.05, 0.1) is 12.2 Å². The fraction of sp³-hybridized carbons (Fsp3) is 1.00. The molecule has 8 unspecified atom stereocenters. The van der Waals surface area contributed by atoms with E-state index >= 15 is 0 Å². The van der Waals surface area contributed by atoms with Crippen LogP contribution in [0, 0.1) is 34.5 Å². The van der Waals surface area contributed by atoms with Gasteiger partial charge in [0, 0.05) is 0 Å². The van der Waals surface area contributed by atoms with Crippen LogP contribution < -0.4 is 0 Å². The highest BCUT2D eigenvalue weighted by molar-refractivity contribution is 5.10. The number of hydrogen-bond donors (Lipinski definition) is 2. The first-order chi connectivity index (χ1) is 9.98. The summed E-state index contributed by atoms with van der Waals surface area (Å²) in [5, 5.41) is 21.3. The molecule has 4 fully saturated rings. The number of fused-ring (bicyclic) bond motifs is 5. The van der Waals surface area contributed by atoms with Crippen LogP contribution in [0.2, 0.25) is 0 Å². The van der Waals surface area contributed by atoms with Gasteiger partial charge in [-0.25, -0.2) is 0 Å². The van der Waals surface area contributed by atoms with E-state index in [-0.39, 0.29) is 23.0 Å². The summed E-state index contributed by atoms with van der Waals surface area (Å²) in [6.07, 6.45) is 10.7. The fourth-order valence-corrected chi connectivity index (χ4v) is 7.29. The van der Waals surface area contributed by atoms with Gasteiger partial charge < -0.3 is 10.2 Å². The lowest BCUT2D eigenvalue weighted by Crippen LogP contribution is -2.57. The predicted molar refractivity (Wildman–Crippen MR) is 83.7 cm³/mol. The lowest BCUT2D eigenvalue weighted by Gasteiger charge is -2.61. The molecule has 4 rings (SSSR count). The van der Waals surface area contributed by atoms with E-state index in [2.05, 4.69) is 13.8 Å². The quantitative estimate of drug-likeness (QED) is 0.714. The molecule has 21 heavy (non-hydrogen) atoms. The molecule has 0 heterocycles. The summed E-state index contributed by atoms with van der Waals surface area (Å²) < 4.78 is 0. The van der Waals surface area contributed by atoms with Crippen LogP contribution in [-0.4, -0.2) is 22.4 Å². The van der Waals surface area contributed by atoms with Crippen LogP contribution in [0.1, 0.15) is 71.6 Å². The van der Waals surface area contributed by atoms with Gasteiger partial charge in [0.15, 0.2) is 0 Å². The van der Waals surface area contributed by atoms with Crippen LogP contribution in [0.5, 0.6) is 0 Å². The van der Waals surface area contributed by atoms with Crippen molar-refractivity contribution in [2.24, 2.45) is 34.5 Å². The fourth-order valence-electron chi connectivity index (χ4n) is 7.29. The average molecular weight is 292 g/mol. The molecule has 0 amide bonds. The molecule has 0 radical (unpaired) electrons. The van der Waals surface area contributed by atoms with Crippen molar-refractivity contribution in [1.29, 1.82) is 0 Å². The summed E-state index contributed by atoms with van der Waals surface area (Å²) in [4.78, 5) is 0. The third-order valence-corrected chi connectivity index (χ3v) is 8.66. The van der Waals surface area contributed by atoms with Gasteiger partial charge in [0.1, 0.15) is 0 Å². The standard InChI is InChI=1S/C19H32O2/c1-18-11-10-15-13(14(18)8-9-16(18)20)7-6-12-4-3-5-17(21)19(12,15)2/h12-17,20-21H,3-11H2,1-2H3. The minimum atomic E-state index is -0.0836. The number of aliphatic hydroxyl groups is 2. The summed E-state index contributed by atoms with van der Waals surface area (Å²) in [5.74, 6) is 2.92. The smallest absolute Gasteiger partial charge is 0.0599 e. The highest BCUT2D eigenvalue weighted by Gasteiger charge is 2.61. The van der Waals surface area contributed by atoms with E-state index < -0.39 is 0 Å². The molecule has 4 saturated carbocycles. The highest BCUT2D eigenvalue weighted by atomic mass is 16.3. The first kappa shape index (κ1) is 14.5. The molecule has 120 valence electrons. The SMILES string of the molecule is CC12CCC3C(CCC4CCCC(O)C43C)C1CCC2O. The lowest BCUT2D eigenvalue weighted by molar-refractivity contribution is -0.166. The molecule has 4 aliphatic rings. The van der Waals surface area contributed by atoms with Crippen molar-refractivity contribution < 1.29 is 10.2 Å². The molecule has 0 aromatic carbocycles. The third kappa shape index (κ3) is 1.78. The first-order valence-corrected chi connectivity index (χ1v) is 9.34. The third-order valence-electron chi connectivity index (χ3n) is 8.66. The second-order valence-corrected chi connectivity index (χ2v) is 9.10. The Bertz CT molecular complexity index is 422. The van der Waals surface area contributed by atoms with E-state index in [9.17, 15) is 10.2 Å². The van der Waals surface area contributed by atoms with Crippen molar-refractivity contribution in [3.63, 3.8) is 0 Å². The summed E-state index contributed by atoms with van der Waals surface area (Å²) >= 11 is 0. The topological polar surface area (TPSA) is 40.5 Å². The van der Waals surface area contributed by atoms with Crippen molar-refractivity contribution in [1.82, 2.24) is 0 Å². The Labute approximate surface area is 129 Å². The van der Waals surface area contributed by atoms with Gasteiger partial charge in [-0.05, 0) is 85.9 Å². The van der Waals surface area contributed by atoms with Crippen molar-refractivity contribution >= 4 is 0 Å². The Morgan fingerprint density at radius 1 is 0.762 bits per heavy atom. The molecule has 0 bridgehead atoms. The number of hydrogen-bond acceptors (Lipinski definition) is 2. The van der Waals surface area contributed by atoms with Gasteiger partial charge in [-0.1, -0.05) is 20.3 Å². The van der Waals surface area contributed by atoms with Gasteiger partial charge in [-0.2, -0.15) is 0 Å². The van der Waals surface area contributed by atoms with Crippen LogP contribution in [-0.2, 0) is 0 Å². The van der Waals surface area contributed by atoms with Crippen LogP contribution in [0.4, 0.5) is 0 Å². The molecule has 0 saturated heterocycles. The normalized spacial score (nSPS) is 60.0. The monoisotopic (exact) mass is 292 g/mol. The van der Waals surface area contributed by atoms with Gasteiger partial charge in [-0.15, -0.1) is 0 Å². The maximum absolute atomic E-state index is 10.8. The van der Waals surface area contributed by atoms with Crippen molar-refractivity contribution in [3.8, 4) is 0 Å². The molecular formula is C19H32O2. The van der Waals surface area contributed by atoms with Gasteiger partial charge in [0.2, 0.25) is 0 Å². The lowest BCUT2D eigenvalue weighted by atomic mass is 9.44. The second kappa shape index (κ2) is 4.71. The minimum absolute atomic E-state index is 0.0785. The van der Waals surface area contributed by atoms with Crippen molar-refractivity contribution in [2.75, 3.05) is 0 Å². The Morgan fingerprint density at radius 3 is 2.38 bits per heavy atom. The molecule has 0 aromatic heterocycles. The molecular weight excluding hydrogens is 260 g/mol. The Balaban J connectivity index is 1.67. The second-order valence-electron chi connectivity index (χ2n) is 9.10. The van der Waals surface area contributed by atoms with Crippen molar-refractivity contribution in [3.05, 3.63) is 0 Å². The maximum atomic E-state index is 10.8. The van der Waals surface area contributed by atoms with Crippen LogP contribution in [0.3, 0.4) is 0 Å². The van der Waals surface area contributed by atoms with Crippen LogP contribution in [0.15, 0.2) is 0 Å². The predicted octanol–water partition coefficient (Wildman–Crippen LogP) is 3.75. The molecule has 2 nitrogen and oxygen atoms in total. The van der Waals surface area contributed by atoms with Gasteiger partial charge in [0.25, 0.3) is 0 Å². The summed E-state index contributed by atoms with van der Waals surface area (Å²) in [6.45, 7) is 4.75. The zero-order valence-corrected chi connectivity index (χ0v) is 13.7. The van der Waals surface area contributed by atoms with Gasteiger partial charge in [-0.3, -0.25) is 0 Å². The summed E-state index contributed by atoms with van der Waals surface area (Å²) in [6, 6.07) is 0. The Morgan fingerprint density at radius 2 is 1.57 bits per heavy atom. The van der Waals surface area contributed by atoms with Crippen LogP contribution in [0.25, 0.3) is 0 Å². The van der Waals surface area contributed by atoms with E-state index in [0.717, 1.165) is 24.7 Å². The molecule has 0 spiro atoms. The van der Waals surface area contributed by atoms with E-state index in [1.807, 2.05) is 0 Å². The van der Waals surface area contributed by atoms with E-state index in [0.29, 0.717) is 11.8 Å². The largest absolute Gasteiger partial charge is 0.393 e. The molecule has 0 aromatic rings. The van der Waals surface area contributed by atoms with Gasteiger partial charge >= 0.3 is 0 Å². The average Bonchev–Trinajstić information content (AvgIpc) is 2.76. The zero-order chi connectivity index (χ0) is 14.8. The Hall–Kier alpha value is -0.0800. The zero-order valence-electron chi connectivity index (χ0n) is 13.7. The Kier molecular flexibility index (Phi) is 3.25. The number of aliphatic hydroxyl groups excluding tert-OH is 2. The highest BCUT2D eigenvalue weighted by Crippen LogP contribution is 2.66. The summed E-state index contributed by atoms with van der Waals surface area (Å²) in [7, 11) is 0. The van der Waals surface area contributed by atoms with E-state index in [1.54, 1.807) is 0 Å². The minimum Gasteiger partial charge on any atom is -0.393 e. The van der Waals surface area contributed by atoms with E-state index in [4.69, 9.17) is 0 Å². The molecule has 0 aliphatic heterocycles. The molecule has 8 atom stereocenters. The van der Waals surface area contributed by atoms with Crippen LogP contribution >= 0.6 is 0 Å². The van der Waals surface area contributed by atoms with Crippen molar-refractivity contribution in [2.45, 2.75) is 83.8 Å².